The van der Waals surface area contributed by atoms with Gasteiger partial charge in [0.25, 0.3) is 5.56 Å². The van der Waals surface area contributed by atoms with E-state index in [0.29, 0.717) is 10.9 Å². The van der Waals surface area contributed by atoms with Gasteiger partial charge in [-0.25, -0.2) is 4.68 Å². The molecule has 0 spiro atoms. The van der Waals surface area contributed by atoms with Crippen LogP contribution in [0.3, 0.4) is 0 Å². The third kappa shape index (κ3) is 4.73. The van der Waals surface area contributed by atoms with Gasteiger partial charge >= 0.3 is 0 Å². The number of rotatable bonds is 7. The van der Waals surface area contributed by atoms with Crippen molar-refractivity contribution < 1.29 is 9.53 Å². The summed E-state index contributed by atoms with van der Waals surface area (Å²) in [4.78, 5) is 24.8. The molecule has 7 nitrogen and oxygen atoms in total. The molecule has 0 radical (unpaired) electrons. The predicted molar refractivity (Wildman–Crippen MR) is 107 cm³/mol. The number of benzene rings is 2. The molecule has 0 aliphatic carbocycles. The highest BCUT2D eigenvalue weighted by Crippen LogP contribution is 2.20. The van der Waals surface area contributed by atoms with Crippen LogP contribution in [0.25, 0.3) is 10.9 Å². The molecule has 0 saturated carbocycles. The van der Waals surface area contributed by atoms with Crippen LogP contribution in [-0.4, -0.2) is 27.0 Å². The molecule has 1 N–H and O–H groups in total. The second kappa shape index (κ2) is 8.65. The van der Waals surface area contributed by atoms with E-state index in [1.807, 2.05) is 45.0 Å². The fourth-order valence-corrected chi connectivity index (χ4v) is 2.90. The van der Waals surface area contributed by atoms with Gasteiger partial charge in [-0.05, 0) is 50.6 Å². The van der Waals surface area contributed by atoms with Crippen LogP contribution in [0, 0.1) is 0 Å². The number of nitrogens with one attached hydrogen (secondary N) is 1. The first-order valence-corrected chi connectivity index (χ1v) is 9.32. The number of carbonyl (C=O) groups excluding carboxylic acids is 1. The standard InChI is InChI=1S/C21H24N4O3/c1-14(2)28-17-8-6-7-16(13-17)15(3)22-20(26)11-12-25-21(27)18-9-4-5-10-19(18)23-24-25/h4-10,13-15H,11-12H2,1-3H3,(H,22,26). The van der Waals surface area contributed by atoms with Crippen molar-refractivity contribution >= 4 is 16.8 Å². The number of carbonyl (C=O) groups is 1. The van der Waals surface area contributed by atoms with Crippen molar-refractivity contribution in [2.45, 2.75) is 45.9 Å². The van der Waals surface area contributed by atoms with Gasteiger partial charge in [0.2, 0.25) is 5.91 Å². The van der Waals surface area contributed by atoms with Crippen LogP contribution in [0.2, 0.25) is 0 Å². The molecule has 146 valence electrons. The van der Waals surface area contributed by atoms with E-state index >= 15 is 0 Å². The predicted octanol–water partition coefficient (Wildman–Crippen LogP) is 2.85. The van der Waals surface area contributed by atoms with Gasteiger partial charge in [0.1, 0.15) is 11.3 Å². The molecule has 1 amide bonds. The fourth-order valence-electron chi connectivity index (χ4n) is 2.90. The summed E-state index contributed by atoms with van der Waals surface area (Å²) in [6.45, 7) is 6.02. The molecule has 0 bridgehead atoms. The van der Waals surface area contributed by atoms with Crippen LogP contribution < -0.4 is 15.6 Å². The lowest BCUT2D eigenvalue weighted by Crippen LogP contribution is -2.30. The van der Waals surface area contributed by atoms with Crippen molar-refractivity contribution in [1.82, 2.24) is 20.3 Å². The Bertz CT molecular complexity index is 1030. The van der Waals surface area contributed by atoms with E-state index in [9.17, 15) is 9.59 Å². The molecule has 7 heteroatoms. The summed E-state index contributed by atoms with van der Waals surface area (Å²) in [5.41, 5.74) is 1.25. The maximum absolute atomic E-state index is 12.4. The van der Waals surface area contributed by atoms with Gasteiger partial charge in [0.05, 0.1) is 24.1 Å². The van der Waals surface area contributed by atoms with Crippen LogP contribution >= 0.6 is 0 Å². The third-order valence-electron chi connectivity index (χ3n) is 4.29. The molecule has 0 fully saturated rings. The van der Waals surface area contributed by atoms with Crippen LogP contribution in [0.4, 0.5) is 0 Å². The Labute approximate surface area is 163 Å². The number of ether oxygens (including phenoxy) is 1. The van der Waals surface area contributed by atoms with Crippen molar-refractivity contribution in [3.8, 4) is 5.75 Å². The van der Waals surface area contributed by atoms with Gasteiger partial charge in [-0.3, -0.25) is 9.59 Å². The molecule has 1 aromatic heterocycles. The summed E-state index contributed by atoms with van der Waals surface area (Å²) in [5, 5.41) is 11.4. The van der Waals surface area contributed by atoms with Crippen LogP contribution in [0.5, 0.6) is 5.75 Å². The van der Waals surface area contributed by atoms with E-state index in [1.54, 1.807) is 24.3 Å². The minimum Gasteiger partial charge on any atom is -0.491 e. The molecule has 1 atom stereocenters. The Morgan fingerprint density at radius 3 is 2.71 bits per heavy atom. The summed E-state index contributed by atoms with van der Waals surface area (Å²) in [7, 11) is 0. The van der Waals surface area contributed by atoms with E-state index in [4.69, 9.17) is 4.74 Å². The van der Waals surface area contributed by atoms with Crippen molar-refractivity contribution in [3.63, 3.8) is 0 Å². The number of hydrogen-bond acceptors (Lipinski definition) is 5. The number of hydrogen-bond donors (Lipinski definition) is 1. The Hall–Kier alpha value is -3.22. The maximum atomic E-state index is 12.4. The van der Waals surface area contributed by atoms with Gasteiger partial charge < -0.3 is 10.1 Å². The summed E-state index contributed by atoms with van der Waals surface area (Å²) < 4.78 is 6.92. The lowest BCUT2D eigenvalue weighted by Gasteiger charge is -2.16. The van der Waals surface area contributed by atoms with E-state index < -0.39 is 0 Å². The first-order chi connectivity index (χ1) is 13.4. The van der Waals surface area contributed by atoms with Crippen LogP contribution in [0.15, 0.2) is 53.3 Å². The van der Waals surface area contributed by atoms with Gasteiger partial charge in [-0.15, -0.1) is 5.10 Å². The molecule has 1 heterocycles. The zero-order valence-electron chi connectivity index (χ0n) is 16.3. The molecular formula is C21H24N4O3. The molecule has 0 aliphatic heterocycles. The molecular weight excluding hydrogens is 356 g/mol. The largest absolute Gasteiger partial charge is 0.491 e. The fraction of sp³-hybridized carbons (Fsp3) is 0.333. The zero-order chi connectivity index (χ0) is 20.1. The summed E-state index contributed by atoms with van der Waals surface area (Å²) in [6.07, 6.45) is 0.223. The van der Waals surface area contributed by atoms with Crippen molar-refractivity contribution in [2.75, 3.05) is 0 Å². The number of amides is 1. The second-order valence-corrected chi connectivity index (χ2v) is 6.91. The average Bonchev–Trinajstić information content (AvgIpc) is 2.67. The zero-order valence-corrected chi connectivity index (χ0v) is 16.3. The minimum atomic E-state index is -0.245. The van der Waals surface area contributed by atoms with Crippen molar-refractivity contribution in [1.29, 1.82) is 0 Å². The second-order valence-electron chi connectivity index (χ2n) is 6.91. The van der Waals surface area contributed by atoms with Crippen LogP contribution in [0.1, 0.15) is 38.8 Å². The Balaban J connectivity index is 1.61. The Kier molecular flexibility index (Phi) is 6.03. The summed E-state index contributed by atoms with van der Waals surface area (Å²) in [5.74, 6) is 0.608. The Morgan fingerprint density at radius 1 is 1.14 bits per heavy atom. The average molecular weight is 380 g/mol. The van der Waals surface area contributed by atoms with E-state index in [2.05, 4.69) is 15.6 Å². The number of aromatic nitrogens is 3. The van der Waals surface area contributed by atoms with E-state index in [1.165, 1.54) is 4.68 Å². The smallest absolute Gasteiger partial charge is 0.277 e. The molecule has 0 saturated heterocycles. The normalized spacial score (nSPS) is 12.1. The lowest BCUT2D eigenvalue weighted by molar-refractivity contribution is -0.122. The number of aryl methyl sites for hydroxylation is 1. The highest BCUT2D eigenvalue weighted by atomic mass is 16.5. The minimum absolute atomic E-state index is 0.0847. The van der Waals surface area contributed by atoms with Gasteiger partial charge in [-0.1, -0.05) is 29.5 Å². The van der Waals surface area contributed by atoms with Crippen LogP contribution in [-0.2, 0) is 11.3 Å². The quantitative estimate of drug-likeness (QED) is 0.681. The molecule has 28 heavy (non-hydrogen) atoms. The molecule has 0 aliphatic rings. The number of fused-ring (bicyclic) bond motifs is 1. The third-order valence-corrected chi connectivity index (χ3v) is 4.29. The number of nitrogens with zero attached hydrogens (tertiary/aromatic N) is 3. The first-order valence-electron chi connectivity index (χ1n) is 9.32. The monoisotopic (exact) mass is 380 g/mol. The van der Waals surface area contributed by atoms with Gasteiger partial charge in [-0.2, -0.15) is 0 Å². The molecule has 3 rings (SSSR count). The summed E-state index contributed by atoms with van der Waals surface area (Å²) in [6, 6.07) is 14.5. The molecule has 2 aromatic carbocycles. The summed E-state index contributed by atoms with van der Waals surface area (Å²) >= 11 is 0. The first kappa shape index (κ1) is 19.5. The lowest BCUT2D eigenvalue weighted by atomic mass is 10.1. The Morgan fingerprint density at radius 2 is 1.93 bits per heavy atom. The topological polar surface area (TPSA) is 86.1 Å². The molecule has 1 unspecified atom stereocenters. The highest BCUT2D eigenvalue weighted by molar-refractivity contribution is 5.77. The van der Waals surface area contributed by atoms with Gasteiger partial charge in [0, 0.05) is 6.42 Å². The van der Waals surface area contributed by atoms with E-state index in [0.717, 1.165) is 11.3 Å². The molecule has 3 aromatic rings. The SMILES string of the molecule is CC(C)Oc1cccc(C(C)NC(=O)CCn2nnc3ccccc3c2=O)c1. The van der Waals surface area contributed by atoms with Gasteiger partial charge in [0.15, 0.2) is 0 Å². The van der Waals surface area contributed by atoms with Crippen molar-refractivity contribution in [3.05, 3.63) is 64.4 Å². The van der Waals surface area contributed by atoms with Crippen molar-refractivity contribution in [2.24, 2.45) is 0 Å². The maximum Gasteiger partial charge on any atom is 0.277 e. The highest BCUT2D eigenvalue weighted by Gasteiger charge is 2.12. The van der Waals surface area contributed by atoms with E-state index in [-0.39, 0.29) is 36.6 Å².